The number of fused-ring (bicyclic) bond motifs is 1. The van der Waals surface area contributed by atoms with Gasteiger partial charge in [-0.25, -0.2) is 4.98 Å². The van der Waals surface area contributed by atoms with E-state index >= 15 is 0 Å². The fourth-order valence-corrected chi connectivity index (χ4v) is 6.10. The Balaban J connectivity index is 1.36. The molecule has 1 aliphatic heterocycles. The first kappa shape index (κ1) is 29.3. The summed E-state index contributed by atoms with van der Waals surface area (Å²) in [6, 6.07) is 22.9. The summed E-state index contributed by atoms with van der Waals surface area (Å²) in [4.78, 5) is 19.6. The molecule has 0 radical (unpaired) electrons. The Bertz CT molecular complexity index is 1790. The lowest BCUT2D eigenvalue weighted by Crippen LogP contribution is -2.40. The minimum absolute atomic E-state index is 0.119. The lowest BCUT2D eigenvalue weighted by molar-refractivity contribution is 0.0384. The maximum Gasteiger partial charge on any atom is 0.251 e. The van der Waals surface area contributed by atoms with E-state index in [2.05, 4.69) is 27.3 Å². The van der Waals surface area contributed by atoms with Crippen LogP contribution < -0.4 is 10.9 Å². The maximum absolute atomic E-state index is 12.9. The molecule has 1 atom stereocenters. The number of aliphatic hydroxyl groups is 1. The number of nitrogens with one attached hydrogen (secondary N) is 1. The molecule has 222 valence electrons. The molecule has 0 spiro atoms. The lowest BCUT2D eigenvalue weighted by Gasteiger charge is -2.30. The molecule has 3 aromatic carbocycles. The van der Waals surface area contributed by atoms with E-state index in [1.54, 1.807) is 30.2 Å². The second-order valence-electron chi connectivity index (χ2n) is 11.1. The van der Waals surface area contributed by atoms with Gasteiger partial charge < -0.3 is 24.3 Å². The highest BCUT2D eigenvalue weighted by atomic mass is 35.5. The van der Waals surface area contributed by atoms with Gasteiger partial charge in [0, 0.05) is 63.3 Å². The van der Waals surface area contributed by atoms with Gasteiger partial charge in [-0.1, -0.05) is 54.1 Å². The summed E-state index contributed by atoms with van der Waals surface area (Å²) in [5.41, 5.74) is 3.90. The number of aryl methyl sites for hydroxylation is 2. The SMILES string of the molecule is Cn1cncc1C(O)(c1ccc(CNCCN2CCOCC2)cc1)c1ccc2c(c1)c(-c1cccc(Cl)c1)cc(=O)n2C. The summed E-state index contributed by atoms with van der Waals surface area (Å²) < 4.78 is 8.89. The van der Waals surface area contributed by atoms with E-state index in [1.807, 2.05) is 66.2 Å². The van der Waals surface area contributed by atoms with Crippen LogP contribution >= 0.6 is 11.6 Å². The Hall–Kier alpha value is -3.79. The maximum atomic E-state index is 12.9. The van der Waals surface area contributed by atoms with E-state index in [0.717, 1.165) is 79.1 Å². The van der Waals surface area contributed by atoms with Crippen molar-refractivity contribution in [1.29, 1.82) is 0 Å². The lowest BCUT2D eigenvalue weighted by atomic mass is 9.82. The molecule has 1 aliphatic rings. The molecular weight excluding hydrogens is 562 g/mol. The highest BCUT2D eigenvalue weighted by Crippen LogP contribution is 2.39. The van der Waals surface area contributed by atoms with Crippen LogP contribution in [0.1, 0.15) is 22.4 Å². The first-order valence-corrected chi connectivity index (χ1v) is 14.9. The molecule has 0 aliphatic carbocycles. The summed E-state index contributed by atoms with van der Waals surface area (Å²) in [7, 11) is 3.63. The van der Waals surface area contributed by atoms with Crippen molar-refractivity contribution in [2.45, 2.75) is 12.1 Å². The van der Waals surface area contributed by atoms with Crippen molar-refractivity contribution in [3.05, 3.63) is 123 Å². The van der Waals surface area contributed by atoms with Crippen molar-refractivity contribution >= 4 is 22.5 Å². The van der Waals surface area contributed by atoms with Gasteiger partial charge in [-0.05, 0) is 52.1 Å². The predicted octanol–water partition coefficient (Wildman–Crippen LogP) is 4.30. The molecule has 1 fully saturated rings. The smallest absolute Gasteiger partial charge is 0.251 e. The molecule has 6 rings (SSSR count). The number of benzene rings is 3. The average Bonchev–Trinajstić information content (AvgIpc) is 3.47. The molecule has 5 aromatic rings. The largest absolute Gasteiger partial charge is 0.379 e. The summed E-state index contributed by atoms with van der Waals surface area (Å²) in [5.74, 6) is 0. The second kappa shape index (κ2) is 12.4. The summed E-state index contributed by atoms with van der Waals surface area (Å²) in [6.45, 7) is 6.20. The van der Waals surface area contributed by atoms with Gasteiger partial charge >= 0.3 is 0 Å². The Morgan fingerprint density at radius 3 is 2.49 bits per heavy atom. The Morgan fingerprint density at radius 2 is 1.77 bits per heavy atom. The highest BCUT2D eigenvalue weighted by Gasteiger charge is 2.37. The number of hydrogen-bond acceptors (Lipinski definition) is 6. The van der Waals surface area contributed by atoms with Crippen LogP contribution in [0.2, 0.25) is 5.02 Å². The zero-order valence-electron chi connectivity index (χ0n) is 24.5. The Morgan fingerprint density at radius 1 is 1.00 bits per heavy atom. The Labute approximate surface area is 256 Å². The van der Waals surface area contributed by atoms with Gasteiger partial charge in [-0.3, -0.25) is 9.69 Å². The number of aromatic nitrogens is 3. The van der Waals surface area contributed by atoms with Gasteiger partial charge in [0.15, 0.2) is 5.60 Å². The summed E-state index contributed by atoms with van der Waals surface area (Å²) in [6.07, 6.45) is 3.39. The van der Waals surface area contributed by atoms with Gasteiger partial charge in [0.05, 0.1) is 36.9 Å². The summed E-state index contributed by atoms with van der Waals surface area (Å²) in [5, 5.41) is 17.6. The number of pyridine rings is 1. The van der Waals surface area contributed by atoms with E-state index in [-0.39, 0.29) is 5.56 Å². The highest BCUT2D eigenvalue weighted by molar-refractivity contribution is 6.30. The van der Waals surface area contributed by atoms with Crippen LogP contribution in [-0.2, 0) is 31.0 Å². The number of rotatable bonds is 9. The normalized spacial score (nSPS) is 15.5. The van der Waals surface area contributed by atoms with Crippen molar-refractivity contribution in [3.63, 3.8) is 0 Å². The summed E-state index contributed by atoms with van der Waals surface area (Å²) >= 11 is 6.33. The standard InChI is InChI=1S/C34H36ClN5O3/c1-38-23-37-22-32(38)34(42,26-8-6-24(7-9-26)21-36-12-13-40-14-16-43-17-15-40)27-10-11-31-30(19-27)29(20-33(41)39(31)2)25-4-3-5-28(35)18-25/h3-11,18-20,22-23,36,42H,12-17,21H2,1-2H3. The van der Waals surface area contributed by atoms with Gasteiger partial charge in [0.1, 0.15) is 0 Å². The van der Waals surface area contributed by atoms with Crippen molar-refractivity contribution in [2.75, 3.05) is 39.4 Å². The van der Waals surface area contributed by atoms with Crippen molar-refractivity contribution in [2.24, 2.45) is 14.1 Å². The van der Waals surface area contributed by atoms with E-state index in [4.69, 9.17) is 16.3 Å². The minimum atomic E-state index is -1.50. The molecule has 2 aromatic heterocycles. The molecule has 0 amide bonds. The van der Waals surface area contributed by atoms with E-state index in [9.17, 15) is 9.90 Å². The molecule has 3 heterocycles. The van der Waals surface area contributed by atoms with Crippen molar-refractivity contribution in [3.8, 4) is 11.1 Å². The van der Waals surface area contributed by atoms with Crippen LogP contribution in [0.5, 0.6) is 0 Å². The molecule has 43 heavy (non-hydrogen) atoms. The number of nitrogens with zero attached hydrogens (tertiary/aromatic N) is 4. The molecule has 9 heteroatoms. The molecule has 8 nitrogen and oxygen atoms in total. The number of imidazole rings is 1. The molecule has 2 N–H and O–H groups in total. The third-order valence-corrected chi connectivity index (χ3v) is 8.63. The number of halogens is 1. The number of morpholine rings is 1. The molecule has 1 saturated heterocycles. The van der Waals surface area contributed by atoms with E-state index in [1.165, 1.54) is 0 Å². The van der Waals surface area contributed by atoms with Gasteiger partial charge in [0.2, 0.25) is 0 Å². The van der Waals surface area contributed by atoms with Crippen LogP contribution in [0.3, 0.4) is 0 Å². The first-order chi connectivity index (χ1) is 20.8. The molecule has 0 bridgehead atoms. The average molecular weight is 598 g/mol. The van der Waals surface area contributed by atoms with Gasteiger partial charge in [-0.15, -0.1) is 0 Å². The van der Waals surface area contributed by atoms with Crippen LogP contribution in [0.4, 0.5) is 0 Å². The molecule has 1 unspecified atom stereocenters. The predicted molar refractivity (Wildman–Crippen MR) is 170 cm³/mol. The van der Waals surface area contributed by atoms with Crippen molar-refractivity contribution < 1.29 is 9.84 Å². The zero-order chi connectivity index (χ0) is 30.0. The fraction of sp³-hybridized carbons (Fsp3) is 0.294. The van der Waals surface area contributed by atoms with Crippen molar-refractivity contribution in [1.82, 2.24) is 24.3 Å². The van der Waals surface area contributed by atoms with Crippen LogP contribution in [-0.4, -0.2) is 63.5 Å². The van der Waals surface area contributed by atoms with Crippen LogP contribution in [0.15, 0.2) is 90.1 Å². The fourth-order valence-electron chi connectivity index (χ4n) is 5.91. The van der Waals surface area contributed by atoms with E-state index < -0.39 is 5.60 Å². The second-order valence-corrected chi connectivity index (χ2v) is 11.6. The Kier molecular flexibility index (Phi) is 8.47. The minimum Gasteiger partial charge on any atom is -0.379 e. The van der Waals surface area contributed by atoms with Crippen LogP contribution in [0.25, 0.3) is 22.0 Å². The van der Waals surface area contributed by atoms with Crippen LogP contribution in [0, 0.1) is 0 Å². The topological polar surface area (TPSA) is 84.6 Å². The third-order valence-electron chi connectivity index (χ3n) is 8.40. The molecular formula is C34H36ClN5O3. The van der Waals surface area contributed by atoms with Gasteiger partial charge in [0.25, 0.3) is 5.56 Å². The quantitative estimate of drug-likeness (QED) is 0.247. The number of ether oxygens (including phenoxy) is 1. The zero-order valence-corrected chi connectivity index (χ0v) is 25.2. The third kappa shape index (κ3) is 5.89. The number of hydrogen-bond donors (Lipinski definition) is 2. The van der Waals surface area contributed by atoms with Gasteiger partial charge in [-0.2, -0.15) is 0 Å². The molecule has 0 saturated carbocycles. The first-order valence-electron chi connectivity index (χ1n) is 14.5. The monoisotopic (exact) mass is 597 g/mol. The van der Waals surface area contributed by atoms with E-state index in [0.29, 0.717) is 16.3 Å².